The molecule has 3 nitrogen and oxygen atoms in total. The number of para-hydroxylation sites is 2. The lowest BCUT2D eigenvalue weighted by Gasteiger charge is -2.18. The molecule has 19 heavy (non-hydrogen) atoms. The third-order valence-electron chi connectivity index (χ3n) is 3.64. The van der Waals surface area contributed by atoms with Crippen LogP contribution in [0, 0.1) is 5.92 Å². The van der Waals surface area contributed by atoms with Crippen LogP contribution in [0.4, 0.5) is 0 Å². The standard InChI is InChI=1S/C16H16N2O/c1-11-5-4-6-12(16(11)19)9-13-10-17-14-7-2-3-8-15(14)18-13/h2-3,7-11H,4-6H2,1H3/b12-9+/t11-/m0/s1. The number of Topliss-reactive ketones (excluding diaryl/α,β-unsaturated/α-hetero) is 1. The Morgan fingerprint density at radius 3 is 2.89 bits per heavy atom. The number of hydrogen-bond acceptors (Lipinski definition) is 3. The van der Waals surface area contributed by atoms with Gasteiger partial charge in [-0.1, -0.05) is 19.1 Å². The lowest BCUT2D eigenvalue weighted by molar-refractivity contribution is -0.119. The molecule has 3 heteroatoms. The van der Waals surface area contributed by atoms with Gasteiger partial charge in [0.15, 0.2) is 5.78 Å². The molecule has 1 fully saturated rings. The van der Waals surface area contributed by atoms with Crippen molar-refractivity contribution in [2.24, 2.45) is 5.92 Å². The molecule has 0 N–H and O–H groups in total. The maximum Gasteiger partial charge on any atom is 0.161 e. The molecule has 96 valence electrons. The van der Waals surface area contributed by atoms with Gasteiger partial charge in [-0.3, -0.25) is 9.78 Å². The van der Waals surface area contributed by atoms with E-state index >= 15 is 0 Å². The summed E-state index contributed by atoms with van der Waals surface area (Å²) in [5, 5.41) is 0. The number of rotatable bonds is 1. The third kappa shape index (κ3) is 2.41. The summed E-state index contributed by atoms with van der Waals surface area (Å²) in [6, 6.07) is 7.77. The highest BCUT2D eigenvalue weighted by Crippen LogP contribution is 2.26. The molecule has 1 saturated carbocycles. The van der Waals surface area contributed by atoms with E-state index in [1.165, 1.54) is 0 Å². The zero-order chi connectivity index (χ0) is 13.2. The zero-order valence-electron chi connectivity index (χ0n) is 11.0. The molecule has 0 saturated heterocycles. The van der Waals surface area contributed by atoms with Gasteiger partial charge in [0.1, 0.15) is 0 Å². The molecule has 1 aromatic carbocycles. The number of aromatic nitrogens is 2. The Kier molecular flexibility index (Phi) is 3.11. The van der Waals surface area contributed by atoms with Gasteiger partial charge in [0, 0.05) is 5.92 Å². The van der Waals surface area contributed by atoms with E-state index in [0.717, 1.165) is 41.6 Å². The van der Waals surface area contributed by atoms with Crippen molar-refractivity contribution in [1.82, 2.24) is 9.97 Å². The molecule has 1 aromatic heterocycles. The molecule has 0 aliphatic heterocycles. The predicted octanol–water partition coefficient (Wildman–Crippen LogP) is 3.40. The van der Waals surface area contributed by atoms with Gasteiger partial charge in [-0.2, -0.15) is 0 Å². The number of hydrogen-bond donors (Lipinski definition) is 0. The minimum Gasteiger partial charge on any atom is -0.294 e. The summed E-state index contributed by atoms with van der Waals surface area (Å²) in [5.41, 5.74) is 3.42. The van der Waals surface area contributed by atoms with Crippen molar-refractivity contribution in [3.05, 3.63) is 41.7 Å². The van der Waals surface area contributed by atoms with E-state index in [4.69, 9.17) is 0 Å². The fourth-order valence-electron chi connectivity index (χ4n) is 2.53. The van der Waals surface area contributed by atoms with Crippen LogP contribution in [0.1, 0.15) is 31.9 Å². The third-order valence-corrected chi connectivity index (χ3v) is 3.64. The molecular weight excluding hydrogens is 236 g/mol. The maximum atomic E-state index is 12.1. The van der Waals surface area contributed by atoms with E-state index in [0.29, 0.717) is 0 Å². The molecule has 2 aromatic rings. The molecule has 0 radical (unpaired) electrons. The van der Waals surface area contributed by atoms with Crippen molar-refractivity contribution < 1.29 is 4.79 Å². The first-order chi connectivity index (χ1) is 9.24. The van der Waals surface area contributed by atoms with Crippen molar-refractivity contribution >= 4 is 22.9 Å². The quantitative estimate of drug-likeness (QED) is 0.730. The van der Waals surface area contributed by atoms with E-state index in [-0.39, 0.29) is 11.7 Å². The minimum absolute atomic E-state index is 0.147. The first kappa shape index (κ1) is 12.0. The summed E-state index contributed by atoms with van der Waals surface area (Å²) < 4.78 is 0. The number of carbonyl (C=O) groups is 1. The molecule has 1 aliphatic rings. The Labute approximate surface area is 112 Å². The number of carbonyl (C=O) groups excluding carboxylic acids is 1. The highest BCUT2D eigenvalue weighted by Gasteiger charge is 2.22. The number of nitrogens with zero attached hydrogens (tertiary/aromatic N) is 2. The van der Waals surface area contributed by atoms with Crippen LogP contribution in [0.5, 0.6) is 0 Å². The van der Waals surface area contributed by atoms with Crippen LogP contribution in [0.15, 0.2) is 36.0 Å². The number of benzene rings is 1. The van der Waals surface area contributed by atoms with Crippen molar-refractivity contribution in [3.8, 4) is 0 Å². The Morgan fingerprint density at radius 2 is 2.05 bits per heavy atom. The van der Waals surface area contributed by atoms with Crippen molar-refractivity contribution in [1.29, 1.82) is 0 Å². The average Bonchev–Trinajstić information content (AvgIpc) is 2.44. The smallest absolute Gasteiger partial charge is 0.161 e. The van der Waals surface area contributed by atoms with E-state index in [1.807, 2.05) is 37.3 Å². The van der Waals surface area contributed by atoms with Crippen LogP contribution in [0.25, 0.3) is 17.1 Å². The van der Waals surface area contributed by atoms with Crippen molar-refractivity contribution in [2.75, 3.05) is 0 Å². The van der Waals surface area contributed by atoms with Gasteiger partial charge in [0.25, 0.3) is 0 Å². The molecule has 0 bridgehead atoms. The molecular formula is C16H16N2O. The Hall–Kier alpha value is -2.03. The molecule has 1 aliphatic carbocycles. The fraction of sp³-hybridized carbons (Fsp3) is 0.312. The number of fused-ring (bicyclic) bond motifs is 1. The Bertz CT molecular complexity index is 661. The van der Waals surface area contributed by atoms with Gasteiger partial charge >= 0.3 is 0 Å². The molecule has 0 unspecified atom stereocenters. The fourth-order valence-corrected chi connectivity index (χ4v) is 2.53. The van der Waals surface area contributed by atoms with Crippen LogP contribution in [0.3, 0.4) is 0 Å². The molecule has 1 atom stereocenters. The maximum absolute atomic E-state index is 12.1. The summed E-state index contributed by atoms with van der Waals surface area (Å²) in [6.07, 6.45) is 6.58. The topological polar surface area (TPSA) is 42.9 Å². The van der Waals surface area contributed by atoms with Gasteiger partial charge in [-0.25, -0.2) is 4.98 Å². The first-order valence-electron chi connectivity index (χ1n) is 6.70. The lowest BCUT2D eigenvalue weighted by atomic mass is 9.85. The highest BCUT2D eigenvalue weighted by molar-refractivity contribution is 6.01. The highest BCUT2D eigenvalue weighted by atomic mass is 16.1. The van der Waals surface area contributed by atoms with E-state index < -0.39 is 0 Å². The SMILES string of the molecule is C[C@H]1CCC/C(=C\c2cnc3ccccc3n2)C1=O. The van der Waals surface area contributed by atoms with Gasteiger partial charge in [0.2, 0.25) is 0 Å². The van der Waals surface area contributed by atoms with Crippen LogP contribution in [-0.4, -0.2) is 15.8 Å². The average molecular weight is 252 g/mol. The zero-order valence-corrected chi connectivity index (χ0v) is 11.0. The summed E-state index contributed by atoms with van der Waals surface area (Å²) in [5.74, 6) is 0.412. The van der Waals surface area contributed by atoms with Gasteiger partial charge in [-0.15, -0.1) is 0 Å². The number of allylic oxidation sites excluding steroid dienone is 1. The molecule has 3 rings (SSSR count). The summed E-state index contributed by atoms with van der Waals surface area (Å²) in [7, 11) is 0. The number of ketones is 1. The van der Waals surface area contributed by atoms with Crippen LogP contribution < -0.4 is 0 Å². The first-order valence-corrected chi connectivity index (χ1v) is 6.70. The summed E-state index contributed by atoms with van der Waals surface area (Å²) in [4.78, 5) is 21.0. The van der Waals surface area contributed by atoms with Crippen LogP contribution in [-0.2, 0) is 4.79 Å². The summed E-state index contributed by atoms with van der Waals surface area (Å²) >= 11 is 0. The molecule has 0 spiro atoms. The Balaban J connectivity index is 1.98. The molecule has 0 amide bonds. The van der Waals surface area contributed by atoms with Crippen molar-refractivity contribution in [2.45, 2.75) is 26.2 Å². The monoisotopic (exact) mass is 252 g/mol. The minimum atomic E-state index is 0.147. The van der Waals surface area contributed by atoms with Crippen LogP contribution in [0.2, 0.25) is 0 Å². The van der Waals surface area contributed by atoms with Gasteiger partial charge in [-0.05, 0) is 43.0 Å². The van der Waals surface area contributed by atoms with Gasteiger partial charge < -0.3 is 0 Å². The largest absolute Gasteiger partial charge is 0.294 e. The van der Waals surface area contributed by atoms with E-state index in [2.05, 4.69) is 9.97 Å². The van der Waals surface area contributed by atoms with E-state index in [9.17, 15) is 4.79 Å². The predicted molar refractivity (Wildman–Crippen MR) is 75.5 cm³/mol. The van der Waals surface area contributed by atoms with Crippen molar-refractivity contribution in [3.63, 3.8) is 0 Å². The Morgan fingerprint density at radius 1 is 1.26 bits per heavy atom. The second-order valence-electron chi connectivity index (χ2n) is 5.11. The second-order valence-corrected chi connectivity index (χ2v) is 5.11. The van der Waals surface area contributed by atoms with Gasteiger partial charge in [0.05, 0.1) is 22.9 Å². The van der Waals surface area contributed by atoms with Crippen LogP contribution >= 0.6 is 0 Å². The molecule has 1 heterocycles. The van der Waals surface area contributed by atoms with E-state index in [1.54, 1.807) is 6.20 Å². The lowest BCUT2D eigenvalue weighted by Crippen LogP contribution is -2.18. The summed E-state index contributed by atoms with van der Waals surface area (Å²) in [6.45, 7) is 2.00. The second kappa shape index (κ2) is 4.92. The normalized spacial score (nSPS) is 22.1.